The summed E-state index contributed by atoms with van der Waals surface area (Å²) in [7, 11) is 0. The summed E-state index contributed by atoms with van der Waals surface area (Å²) >= 11 is 0. The van der Waals surface area contributed by atoms with Crippen LogP contribution in [0.3, 0.4) is 0 Å². The van der Waals surface area contributed by atoms with Gasteiger partial charge >= 0.3 is 11.9 Å². The van der Waals surface area contributed by atoms with E-state index in [9.17, 15) is 9.59 Å². The first-order chi connectivity index (χ1) is 6.50. The third-order valence-electron chi connectivity index (χ3n) is 2.19. The molecule has 0 aromatic carbocycles. The molecule has 0 aliphatic heterocycles. The molecule has 0 aromatic rings. The van der Waals surface area contributed by atoms with Gasteiger partial charge in [-0.1, -0.05) is 19.9 Å². The number of esters is 2. The highest BCUT2D eigenvalue weighted by atomic mass is 16.6. The molecule has 0 aromatic heterocycles. The van der Waals surface area contributed by atoms with E-state index in [-0.39, 0.29) is 6.42 Å². The standard InChI is InChI=1S/C10H17NO3/c1-4-7-8(12)14-9(13)10(11,5-2)6-3/h4H,1,5-7,11H2,2-3H3. The molecule has 0 radical (unpaired) electrons. The molecule has 0 spiro atoms. The molecule has 80 valence electrons. The van der Waals surface area contributed by atoms with Crippen LogP contribution in [0.4, 0.5) is 0 Å². The van der Waals surface area contributed by atoms with Crippen LogP contribution in [-0.2, 0) is 14.3 Å². The van der Waals surface area contributed by atoms with E-state index in [2.05, 4.69) is 11.3 Å². The number of ether oxygens (including phenoxy) is 1. The van der Waals surface area contributed by atoms with E-state index < -0.39 is 17.5 Å². The van der Waals surface area contributed by atoms with Gasteiger partial charge in [-0.3, -0.25) is 4.79 Å². The molecule has 0 saturated heterocycles. The zero-order valence-corrected chi connectivity index (χ0v) is 8.71. The van der Waals surface area contributed by atoms with E-state index >= 15 is 0 Å². The van der Waals surface area contributed by atoms with Crippen molar-refractivity contribution in [3.05, 3.63) is 12.7 Å². The van der Waals surface area contributed by atoms with Crippen molar-refractivity contribution in [2.45, 2.75) is 38.6 Å². The minimum absolute atomic E-state index is 0.0231. The van der Waals surface area contributed by atoms with Gasteiger partial charge in [-0.2, -0.15) is 0 Å². The Bertz CT molecular complexity index is 232. The maximum absolute atomic E-state index is 11.4. The Labute approximate surface area is 84.1 Å². The van der Waals surface area contributed by atoms with Crippen LogP contribution in [0.1, 0.15) is 33.1 Å². The fourth-order valence-electron chi connectivity index (χ4n) is 0.903. The van der Waals surface area contributed by atoms with Gasteiger partial charge in [0.15, 0.2) is 0 Å². The number of rotatable bonds is 5. The van der Waals surface area contributed by atoms with Gasteiger partial charge in [0, 0.05) is 0 Å². The third kappa shape index (κ3) is 3.30. The molecule has 0 atom stereocenters. The second-order valence-corrected chi connectivity index (χ2v) is 3.12. The third-order valence-corrected chi connectivity index (χ3v) is 2.19. The van der Waals surface area contributed by atoms with Gasteiger partial charge in [0.05, 0.1) is 6.42 Å². The lowest BCUT2D eigenvalue weighted by atomic mass is 9.95. The smallest absolute Gasteiger partial charge is 0.333 e. The van der Waals surface area contributed by atoms with E-state index in [0.29, 0.717) is 12.8 Å². The zero-order valence-electron chi connectivity index (χ0n) is 8.71. The van der Waals surface area contributed by atoms with Crippen LogP contribution < -0.4 is 5.73 Å². The molecule has 0 saturated carbocycles. The lowest BCUT2D eigenvalue weighted by molar-refractivity contribution is -0.163. The minimum Gasteiger partial charge on any atom is -0.392 e. The summed E-state index contributed by atoms with van der Waals surface area (Å²) in [6.07, 6.45) is 2.30. The number of nitrogens with two attached hydrogens (primary N) is 1. The first-order valence-electron chi connectivity index (χ1n) is 4.65. The Morgan fingerprint density at radius 3 is 2.29 bits per heavy atom. The van der Waals surface area contributed by atoms with Gasteiger partial charge in [-0.05, 0) is 12.8 Å². The molecule has 0 bridgehead atoms. The summed E-state index contributed by atoms with van der Waals surface area (Å²) in [6, 6.07) is 0. The minimum atomic E-state index is -1.04. The molecule has 4 heteroatoms. The predicted molar refractivity (Wildman–Crippen MR) is 53.4 cm³/mol. The molecule has 4 nitrogen and oxygen atoms in total. The van der Waals surface area contributed by atoms with Crippen molar-refractivity contribution in [2.24, 2.45) is 5.73 Å². The topological polar surface area (TPSA) is 69.4 Å². The highest BCUT2D eigenvalue weighted by molar-refractivity contribution is 5.91. The highest BCUT2D eigenvalue weighted by Crippen LogP contribution is 2.13. The quantitative estimate of drug-likeness (QED) is 0.409. The van der Waals surface area contributed by atoms with E-state index in [1.165, 1.54) is 6.08 Å². The fraction of sp³-hybridized carbons (Fsp3) is 0.600. The normalized spacial score (nSPS) is 10.8. The average molecular weight is 199 g/mol. The summed E-state index contributed by atoms with van der Waals surface area (Å²) in [6.45, 7) is 6.93. The van der Waals surface area contributed by atoms with E-state index in [4.69, 9.17) is 5.73 Å². The summed E-state index contributed by atoms with van der Waals surface area (Å²) in [4.78, 5) is 22.4. The molecule has 0 unspecified atom stereocenters. The van der Waals surface area contributed by atoms with Crippen LogP contribution in [0.5, 0.6) is 0 Å². The van der Waals surface area contributed by atoms with Crippen molar-refractivity contribution >= 4 is 11.9 Å². The number of hydrogen-bond donors (Lipinski definition) is 1. The van der Waals surface area contributed by atoms with E-state index in [1.807, 2.05) is 0 Å². The van der Waals surface area contributed by atoms with Crippen molar-refractivity contribution in [2.75, 3.05) is 0 Å². The van der Waals surface area contributed by atoms with Crippen LogP contribution in [-0.4, -0.2) is 17.5 Å². The van der Waals surface area contributed by atoms with Crippen molar-refractivity contribution in [1.82, 2.24) is 0 Å². The van der Waals surface area contributed by atoms with E-state index in [1.54, 1.807) is 13.8 Å². The molecule has 0 aliphatic carbocycles. The lowest BCUT2D eigenvalue weighted by Gasteiger charge is -2.22. The second kappa shape index (κ2) is 5.54. The fourth-order valence-corrected chi connectivity index (χ4v) is 0.903. The Balaban J connectivity index is 4.32. The number of carbonyl (C=O) groups is 2. The first-order valence-corrected chi connectivity index (χ1v) is 4.65. The van der Waals surface area contributed by atoms with Crippen molar-refractivity contribution in [3.63, 3.8) is 0 Å². The van der Waals surface area contributed by atoms with Gasteiger partial charge in [-0.25, -0.2) is 4.79 Å². The van der Waals surface area contributed by atoms with Gasteiger partial charge in [0.1, 0.15) is 5.54 Å². The SMILES string of the molecule is C=CCC(=O)OC(=O)C(N)(CC)CC. The Morgan fingerprint density at radius 2 is 1.93 bits per heavy atom. The maximum atomic E-state index is 11.4. The lowest BCUT2D eigenvalue weighted by Crippen LogP contribution is -2.48. The number of carbonyl (C=O) groups excluding carboxylic acids is 2. The van der Waals surface area contributed by atoms with E-state index in [0.717, 1.165) is 0 Å². The van der Waals surface area contributed by atoms with Crippen LogP contribution in [0.2, 0.25) is 0 Å². The predicted octanol–water partition coefficient (Wildman–Crippen LogP) is 1.15. The largest absolute Gasteiger partial charge is 0.392 e. The Kier molecular flexibility index (Phi) is 5.09. The molecule has 0 aliphatic rings. The molecule has 0 heterocycles. The highest BCUT2D eigenvalue weighted by Gasteiger charge is 2.33. The van der Waals surface area contributed by atoms with Gasteiger partial charge in [-0.15, -0.1) is 6.58 Å². The Hall–Kier alpha value is -1.16. The van der Waals surface area contributed by atoms with Gasteiger partial charge < -0.3 is 10.5 Å². The summed E-state index contributed by atoms with van der Waals surface area (Å²) < 4.78 is 4.56. The van der Waals surface area contributed by atoms with Crippen LogP contribution in [0, 0.1) is 0 Å². The molecular weight excluding hydrogens is 182 g/mol. The first kappa shape index (κ1) is 12.8. The summed E-state index contributed by atoms with van der Waals surface area (Å²) in [5.41, 5.74) is 4.69. The Morgan fingerprint density at radius 1 is 1.43 bits per heavy atom. The average Bonchev–Trinajstić information content (AvgIpc) is 2.16. The molecule has 0 amide bonds. The second-order valence-electron chi connectivity index (χ2n) is 3.12. The molecule has 14 heavy (non-hydrogen) atoms. The summed E-state index contributed by atoms with van der Waals surface area (Å²) in [5.74, 6) is -1.27. The van der Waals surface area contributed by atoms with Gasteiger partial charge in [0.2, 0.25) is 0 Å². The summed E-state index contributed by atoms with van der Waals surface area (Å²) in [5, 5.41) is 0. The van der Waals surface area contributed by atoms with Crippen molar-refractivity contribution in [3.8, 4) is 0 Å². The van der Waals surface area contributed by atoms with Crippen molar-refractivity contribution in [1.29, 1.82) is 0 Å². The molecule has 0 rings (SSSR count). The van der Waals surface area contributed by atoms with Gasteiger partial charge in [0.25, 0.3) is 0 Å². The molecular formula is C10H17NO3. The van der Waals surface area contributed by atoms with Crippen LogP contribution in [0.25, 0.3) is 0 Å². The monoisotopic (exact) mass is 199 g/mol. The van der Waals surface area contributed by atoms with Crippen LogP contribution in [0.15, 0.2) is 12.7 Å². The van der Waals surface area contributed by atoms with Crippen molar-refractivity contribution < 1.29 is 14.3 Å². The van der Waals surface area contributed by atoms with Crippen LogP contribution >= 0.6 is 0 Å². The maximum Gasteiger partial charge on any atom is 0.333 e. The number of hydrogen-bond acceptors (Lipinski definition) is 4. The molecule has 0 fully saturated rings. The zero-order chi connectivity index (χ0) is 11.2. The molecule has 2 N–H and O–H groups in total.